The van der Waals surface area contributed by atoms with Crippen molar-refractivity contribution >= 4 is 11.6 Å². The molecule has 3 N–H and O–H groups in total. The van der Waals surface area contributed by atoms with Crippen LogP contribution in [-0.4, -0.2) is 28.0 Å². The van der Waals surface area contributed by atoms with Crippen LogP contribution in [0.1, 0.15) is 18.1 Å². The van der Waals surface area contributed by atoms with Crippen LogP contribution in [0.3, 0.4) is 0 Å². The van der Waals surface area contributed by atoms with Crippen LogP contribution in [0.15, 0.2) is 24.3 Å². The standard InChI is InChI=1S/C10H13ClO3/c11-8-4-2-1-3-7(8)10(14)9(13)5-6-12/h1-4,9-10,12-14H,5-6H2. The summed E-state index contributed by atoms with van der Waals surface area (Å²) in [6.45, 7) is -0.164. The quantitative estimate of drug-likeness (QED) is 0.707. The summed E-state index contributed by atoms with van der Waals surface area (Å²) >= 11 is 5.83. The molecular weight excluding hydrogens is 204 g/mol. The van der Waals surface area contributed by atoms with Crippen LogP contribution < -0.4 is 0 Å². The predicted molar refractivity (Wildman–Crippen MR) is 54.1 cm³/mol. The van der Waals surface area contributed by atoms with E-state index in [1.165, 1.54) is 0 Å². The zero-order valence-electron chi connectivity index (χ0n) is 7.60. The van der Waals surface area contributed by atoms with E-state index in [0.29, 0.717) is 10.6 Å². The fourth-order valence-corrected chi connectivity index (χ4v) is 1.46. The van der Waals surface area contributed by atoms with Crippen molar-refractivity contribution in [2.75, 3.05) is 6.61 Å². The number of rotatable bonds is 4. The topological polar surface area (TPSA) is 60.7 Å². The van der Waals surface area contributed by atoms with Gasteiger partial charge in [-0.3, -0.25) is 0 Å². The number of hydrogen-bond donors (Lipinski definition) is 3. The SMILES string of the molecule is OCCC(O)C(O)c1ccccc1Cl. The molecule has 0 amide bonds. The van der Waals surface area contributed by atoms with Gasteiger partial charge in [-0.15, -0.1) is 0 Å². The lowest BCUT2D eigenvalue weighted by atomic mass is 10.0. The van der Waals surface area contributed by atoms with Crippen molar-refractivity contribution in [3.05, 3.63) is 34.9 Å². The lowest BCUT2D eigenvalue weighted by Crippen LogP contribution is -2.19. The number of aliphatic hydroxyl groups excluding tert-OH is 3. The van der Waals surface area contributed by atoms with Crippen LogP contribution in [-0.2, 0) is 0 Å². The Hall–Kier alpha value is -0.610. The van der Waals surface area contributed by atoms with E-state index in [2.05, 4.69) is 0 Å². The minimum atomic E-state index is -1.05. The van der Waals surface area contributed by atoms with Crippen LogP contribution in [0.4, 0.5) is 0 Å². The van der Waals surface area contributed by atoms with Crippen LogP contribution in [0.2, 0.25) is 5.02 Å². The van der Waals surface area contributed by atoms with Gasteiger partial charge >= 0.3 is 0 Å². The highest BCUT2D eigenvalue weighted by atomic mass is 35.5. The molecule has 0 fully saturated rings. The summed E-state index contributed by atoms with van der Waals surface area (Å²) in [7, 11) is 0. The highest BCUT2D eigenvalue weighted by Crippen LogP contribution is 2.25. The molecule has 0 aromatic heterocycles. The van der Waals surface area contributed by atoms with Gasteiger partial charge in [0, 0.05) is 17.2 Å². The maximum atomic E-state index is 9.66. The summed E-state index contributed by atoms with van der Waals surface area (Å²) in [5.41, 5.74) is 0.482. The lowest BCUT2D eigenvalue weighted by molar-refractivity contribution is 0.00427. The summed E-state index contributed by atoms with van der Waals surface area (Å²) in [5.74, 6) is 0. The summed E-state index contributed by atoms with van der Waals surface area (Å²) in [5, 5.41) is 28.1. The van der Waals surface area contributed by atoms with Crippen molar-refractivity contribution in [3.63, 3.8) is 0 Å². The first-order valence-corrected chi connectivity index (χ1v) is 4.76. The minimum absolute atomic E-state index is 0.131. The van der Waals surface area contributed by atoms with Gasteiger partial charge in [0.25, 0.3) is 0 Å². The second-order valence-corrected chi connectivity index (χ2v) is 3.45. The molecule has 3 nitrogen and oxygen atoms in total. The monoisotopic (exact) mass is 216 g/mol. The van der Waals surface area contributed by atoms with Crippen molar-refractivity contribution < 1.29 is 15.3 Å². The van der Waals surface area contributed by atoms with Gasteiger partial charge in [-0.1, -0.05) is 29.8 Å². The van der Waals surface area contributed by atoms with Gasteiger partial charge in [-0.05, 0) is 12.5 Å². The summed E-state index contributed by atoms with van der Waals surface area (Å²) in [6.07, 6.45) is -1.90. The molecule has 2 atom stereocenters. The summed E-state index contributed by atoms with van der Waals surface area (Å²) < 4.78 is 0. The average Bonchev–Trinajstić information content (AvgIpc) is 2.18. The molecule has 0 radical (unpaired) electrons. The van der Waals surface area contributed by atoms with E-state index < -0.39 is 12.2 Å². The lowest BCUT2D eigenvalue weighted by Gasteiger charge is -2.18. The van der Waals surface area contributed by atoms with Gasteiger partial charge in [0.05, 0.1) is 6.10 Å². The molecule has 0 aliphatic carbocycles. The molecule has 0 heterocycles. The first kappa shape index (κ1) is 11.5. The van der Waals surface area contributed by atoms with Crippen LogP contribution in [0.25, 0.3) is 0 Å². The van der Waals surface area contributed by atoms with Gasteiger partial charge in [0.15, 0.2) is 0 Å². The zero-order chi connectivity index (χ0) is 10.6. The molecule has 0 aliphatic heterocycles. The Bertz CT molecular complexity index is 290. The van der Waals surface area contributed by atoms with E-state index in [1.807, 2.05) is 0 Å². The van der Waals surface area contributed by atoms with E-state index in [1.54, 1.807) is 24.3 Å². The van der Waals surface area contributed by atoms with Crippen molar-refractivity contribution in [1.82, 2.24) is 0 Å². The third-order valence-electron chi connectivity index (χ3n) is 2.01. The Labute approximate surface area is 87.6 Å². The Morgan fingerprint density at radius 2 is 1.86 bits per heavy atom. The van der Waals surface area contributed by atoms with Gasteiger partial charge in [-0.25, -0.2) is 0 Å². The van der Waals surface area contributed by atoms with Crippen molar-refractivity contribution in [1.29, 1.82) is 0 Å². The van der Waals surface area contributed by atoms with Gasteiger partial charge in [0.2, 0.25) is 0 Å². The van der Waals surface area contributed by atoms with E-state index in [0.717, 1.165) is 0 Å². The number of hydrogen-bond acceptors (Lipinski definition) is 3. The molecule has 2 unspecified atom stereocenters. The van der Waals surface area contributed by atoms with E-state index in [9.17, 15) is 10.2 Å². The largest absolute Gasteiger partial charge is 0.396 e. The molecule has 4 heteroatoms. The normalized spacial score (nSPS) is 15.1. The molecule has 14 heavy (non-hydrogen) atoms. The van der Waals surface area contributed by atoms with Gasteiger partial charge in [0.1, 0.15) is 6.10 Å². The van der Waals surface area contributed by atoms with Crippen LogP contribution in [0.5, 0.6) is 0 Å². The maximum Gasteiger partial charge on any atom is 0.106 e. The molecule has 1 aromatic rings. The highest BCUT2D eigenvalue weighted by Gasteiger charge is 2.19. The zero-order valence-corrected chi connectivity index (χ0v) is 8.35. The van der Waals surface area contributed by atoms with E-state index in [-0.39, 0.29) is 13.0 Å². The molecule has 0 bridgehead atoms. The molecular formula is C10H13ClO3. The average molecular weight is 217 g/mol. The molecule has 1 aromatic carbocycles. The number of halogens is 1. The smallest absolute Gasteiger partial charge is 0.106 e. The summed E-state index contributed by atoms with van der Waals surface area (Å²) in [6, 6.07) is 6.77. The molecule has 1 rings (SSSR count). The van der Waals surface area contributed by atoms with E-state index in [4.69, 9.17) is 16.7 Å². The van der Waals surface area contributed by atoms with Crippen molar-refractivity contribution in [2.24, 2.45) is 0 Å². The number of benzene rings is 1. The predicted octanol–water partition coefficient (Wildman–Crippen LogP) is 1.12. The highest BCUT2D eigenvalue weighted by molar-refractivity contribution is 6.31. The van der Waals surface area contributed by atoms with Crippen LogP contribution in [0, 0.1) is 0 Å². The third kappa shape index (κ3) is 2.69. The first-order valence-electron chi connectivity index (χ1n) is 4.38. The summed E-state index contributed by atoms with van der Waals surface area (Å²) in [4.78, 5) is 0. The fraction of sp³-hybridized carbons (Fsp3) is 0.400. The van der Waals surface area contributed by atoms with E-state index >= 15 is 0 Å². The fourth-order valence-electron chi connectivity index (χ4n) is 1.21. The molecule has 0 spiro atoms. The van der Waals surface area contributed by atoms with Crippen LogP contribution >= 0.6 is 11.6 Å². The Morgan fingerprint density at radius 1 is 1.21 bits per heavy atom. The first-order chi connectivity index (χ1) is 6.66. The second kappa shape index (κ2) is 5.32. The number of aliphatic hydroxyl groups is 3. The molecule has 0 saturated carbocycles. The Kier molecular flexibility index (Phi) is 4.35. The Morgan fingerprint density at radius 3 is 2.43 bits per heavy atom. The Balaban J connectivity index is 2.78. The van der Waals surface area contributed by atoms with Crippen molar-refractivity contribution in [2.45, 2.75) is 18.6 Å². The minimum Gasteiger partial charge on any atom is -0.396 e. The van der Waals surface area contributed by atoms with Crippen molar-refractivity contribution in [3.8, 4) is 0 Å². The molecule has 78 valence electrons. The molecule has 0 aliphatic rings. The van der Waals surface area contributed by atoms with Gasteiger partial charge in [-0.2, -0.15) is 0 Å². The second-order valence-electron chi connectivity index (χ2n) is 3.05. The third-order valence-corrected chi connectivity index (χ3v) is 2.36. The molecule has 0 saturated heterocycles. The maximum absolute atomic E-state index is 9.66. The van der Waals surface area contributed by atoms with Gasteiger partial charge < -0.3 is 15.3 Å².